The molecule has 75 heavy (non-hydrogen) atoms. The first-order valence-corrected chi connectivity index (χ1v) is 26.5. The molecule has 0 bridgehead atoms. The summed E-state index contributed by atoms with van der Waals surface area (Å²) in [6.07, 6.45) is 0. The second kappa shape index (κ2) is 20.8. The zero-order valence-electron chi connectivity index (χ0n) is 40.2. The molecule has 11 aromatic carbocycles. The molecular formula is C66H44BBr2ClN2O3. The molecule has 0 saturated carbocycles. The van der Waals surface area contributed by atoms with Crippen molar-refractivity contribution in [3.63, 3.8) is 0 Å². The summed E-state index contributed by atoms with van der Waals surface area (Å²) in [5, 5.41) is 22.3. The van der Waals surface area contributed by atoms with E-state index < -0.39 is 7.12 Å². The van der Waals surface area contributed by atoms with E-state index in [9.17, 15) is 10.0 Å². The summed E-state index contributed by atoms with van der Waals surface area (Å²) in [5.41, 5.74) is 17.8. The van der Waals surface area contributed by atoms with Gasteiger partial charge in [0.25, 0.3) is 0 Å². The van der Waals surface area contributed by atoms with Crippen LogP contribution < -0.4 is 15.3 Å². The van der Waals surface area contributed by atoms with Crippen molar-refractivity contribution in [2.45, 2.75) is 0 Å². The number of anilines is 6. The van der Waals surface area contributed by atoms with Crippen LogP contribution in [-0.4, -0.2) is 17.2 Å². The summed E-state index contributed by atoms with van der Waals surface area (Å²) < 4.78 is 8.14. The molecule has 0 aliphatic carbocycles. The molecular weight excluding hydrogens is 1070 g/mol. The summed E-state index contributed by atoms with van der Waals surface area (Å²) >= 11 is 15.0. The van der Waals surface area contributed by atoms with Gasteiger partial charge in [-0.25, -0.2) is 0 Å². The zero-order chi connectivity index (χ0) is 51.0. The topological polar surface area (TPSA) is 60.1 Å². The van der Waals surface area contributed by atoms with Crippen molar-refractivity contribution in [2.24, 2.45) is 0 Å². The third-order valence-corrected chi connectivity index (χ3v) is 14.9. The predicted molar refractivity (Wildman–Crippen MR) is 321 cm³/mol. The Hall–Kier alpha value is -7.95. The minimum absolute atomic E-state index is 0.403. The lowest BCUT2D eigenvalue weighted by molar-refractivity contribution is 0.426. The van der Waals surface area contributed by atoms with E-state index in [1.54, 1.807) is 18.2 Å². The maximum Gasteiger partial charge on any atom is 0.488 e. The maximum atomic E-state index is 10.0. The monoisotopic (exact) mass is 1120 g/mol. The van der Waals surface area contributed by atoms with Crippen molar-refractivity contribution in [1.29, 1.82) is 0 Å². The predicted octanol–water partition coefficient (Wildman–Crippen LogP) is 18.7. The van der Waals surface area contributed by atoms with Gasteiger partial charge >= 0.3 is 7.12 Å². The Morgan fingerprint density at radius 1 is 0.347 bits per heavy atom. The van der Waals surface area contributed by atoms with Crippen molar-refractivity contribution in [2.75, 3.05) is 9.80 Å². The summed E-state index contributed by atoms with van der Waals surface area (Å²) in [6.45, 7) is 0. The number of nitrogens with zero attached hydrogens (tertiary/aromatic N) is 2. The van der Waals surface area contributed by atoms with E-state index in [1.165, 1.54) is 0 Å². The van der Waals surface area contributed by atoms with Crippen LogP contribution in [0, 0.1) is 0 Å². The molecule has 0 spiro atoms. The lowest BCUT2D eigenvalue weighted by atomic mass is 9.80. The van der Waals surface area contributed by atoms with Crippen molar-refractivity contribution >= 4 is 112 Å². The van der Waals surface area contributed by atoms with E-state index in [1.807, 2.05) is 12.1 Å². The number of fused-ring (bicyclic) bond motifs is 3. The average Bonchev–Trinajstić information content (AvgIpc) is 3.82. The minimum Gasteiger partial charge on any atom is -0.456 e. The van der Waals surface area contributed by atoms with E-state index >= 15 is 0 Å². The number of halogens is 3. The first-order valence-electron chi connectivity index (χ1n) is 24.5. The van der Waals surface area contributed by atoms with Crippen LogP contribution in [0.15, 0.2) is 268 Å². The Bertz CT molecular complexity index is 3970. The molecule has 0 atom stereocenters. The van der Waals surface area contributed by atoms with Crippen LogP contribution in [0.25, 0.3) is 77.6 Å². The van der Waals surface area contributed by atoms with Crippen molar-refractivity contribution in [3.8, 4) is 55.6 Å². The minimum atomic E-state index is -1.59. The number of furan rings is 1. The smallest absolute Gasteiger partial charge is 0.456 e. The van der Waals surface area contributed by atoms with E-state index in [4.69, 9.17) is 16.0 Å². The highest BCUT2D eigenvalue weighted by atomic mass is 79.9. The highest BCUT2D eigenvalue weighted by molar-refractivity contribution is 9.10. The molecule has 0 radical (unpaired) electrons. The number of benzene rings is 11. The fourth-order valence-electron chi connectivity index (χ4n) is 10.2. The second-order valence-corrected chi connectivity index (χ2v) is 20.6. The number of rotatable bonds is 12. The van der Waals surface area contributed by atoms with Crippen molar-refractivity contribution in [1.82, 2.24) is 0 Å². The molecule has 0 fully saturated rings. The van der Waals surface area contributed by atoms with Gasteiger partial charge in [-0.15, -0.1) is 0 Å². The Morgan fingerprint density at radius 2 is 0.747 bits per heavy atom. The van der Waals surface area contributed by atoms with Gasteiger partial charge in [-0.1, -0.05) is 207 Å². The summed E-state index contributed by atoms with van der Waals surface area (Å²) in [7, 11) is -1.59. The number of hydrogen-bond donors (Lipinski definition) is 2. The second-order valence-electron chi connectivity index (χ2n) is 18.3. The van der Waals surface area contributed by atoms with E-state index in [2.05, 4.69) is 266 Å². The van der Waals surface area contributed by atoms with Crippen LogP contribution in [0.2, 0.25) is 5.02 Å². The SMILES string of the molecule is OB(O)c1ccc2oc3ccc(-c4cccc(-c5cccc(-c6ccccc6)c5N(c5ccc(Br)cc5)c5cc(Cl)cc(N(c6ccc(Br)cc6)c6c(-c7ccccc7)cccc6-c6ccccc6)c5)c4)cc3c2c1. The van der Waals surface area contributed by atoms with Gasteiger partial charge in [0.1, 0.15) is 11.2 Å². The maximum absolute atomic E-state index is 10.0. The van der Waals surface area contributed by atoms with Crippen LogP contribution in [0.3, 0.4) is 0 Å². The molecule has 12 aromatic rings. The van der Waals surface area contributed by atoms with Crippen LogP contribution in [0.1, 0.15) is 0 Å². The van der Waals surface area contributed by atoms with Gasteiger partial charge in [-0.3, -0.25) is 0 Å². The zero-order valence-corrected chi connectivity index (χ0v) is 44.1. The van der Waals surface area contributed by atoms with Gasteiger partial charge in [-0.05, 0) is 130 Å². The van der Waals surface area contributed by atoms with Crippen LogP contribution in [-0.2, 0) is 0 Å². The lowest BCUT2D eigenvalue weighted by Crippen LogP contribution is -2.29. The summed E-state index contributed by atoms with van der Waals surface area (Å²) in [6, 6.07) is 88.1. The summed E-state index contributed by atoms with van der Waals surface area (Å²) in [5.74, 6) is 0. The molecule has 1 aromatic heterocycles. The first kappa shape index (κ1) is 48.0. The van der Waals surface area contributed by atoms with E-state index in [-0.39, 0.29) is 0 Å². The van der Waals surface area contributed by atoms with Crippen LogP contribution >= 0.6 is 43.5 Å². The third-order valence-electron chi connectivity index (χ3n) is 13.6. The van der Waals surface area contributed by atoms with Gasteiger partial charge in [0.15, 0.2) is 0 Å². The number of para-hydroxylation sites is 2. The van der Waals surface area contributed by atoms with E-state index in [0.717, 1.165) is 115 Å². The Morgan fingerprint density at radius 3 is 1.23 bits per heavy atom. The number of hydrogen-bond acceptors (Lipinski definition) is 5. The quantitative estimate of drug-likeness (QED) is 0.119. The van der Waals surface area contributed by atoms with Crippen LogP contribution in [0.5, 0.6) is 0 Å². The van der Waals surface area contributed by atoms with Gasteiger partial charge < -0.3 is 24.3 Å². The first-order chi connectivity index (χ1) is 36.7. The molecule has 0 unspecified atom stereocenters. The molecule has 0 aliphatic rings. The fourth-order valence-corrected chi connectivity index (χ4v) is 10.9. The highest BCUT2D eigenvalue weighted by Crippen LogP contribution is 2.52. The largest absolute Gasteiger partial charge is 0.488 e. The standard InChI is InChI=1S/C66H44BBr2ClN2O3/c68-50-27-31-53(32-28-50)71(65-57(43-13-4-1-5-14-43)21-11-22-58(65)44-15-6-2-7-16-44)55-40-52(70)41-56(42-55)72(54-33-29-51(69)30-34-54)66-59(45-17-8-3-9-18-45)23-12-24-60(66)48-20-10-19-46(37-48)47-25-35-63-61(38-47)62-39-49(67(73)74)26-36-64(62)75-63/h1-42,73-74H. The van der Waals surface area contributed by atoms with Crippen molar-refractivity contribution < 1.29 is 14.5 Å². The summed E-state index contributed by atoms with van der Waals surface area (Å²) in [4.78, 5) is 4.68. The molecule has 0 aliphatic heterocycles. The molecule has 2 N–H and O–H groups in total. The molecule has 1 heterocycles. The van der Waals surface area contributed by atoms with Gasteiger partial charge in [0.05, 0.1) is 11.4 Å². The fraction of sp³-hybridized carbons (Fsp3) is 0. The molecule has 9 heteroatoms. The Kier molecular flexibility index (Phi) is 13.3. The van der Waals surface area contributed by atoms with E-state index in [0.29, 0.717) is 16.1 Å². The molecule has 5 nitrogen and oxygen atoms in total. The Balaban J connectivity index is 1.09. The van der Waals surface area contributed by atoms with Crippen LogP contribution in [0.4, 0.5) is 34.1 Å². The normalized spacial score (nSPS) is 11.3. The molecule has 0 amide bonds. The lowest BCUT2D eigenvalue weighted by Gasteiger charge is -2.34. The third kappa shape index (κ3) is 9.60. The van der Waals surface area contributed by atoms with Gasteiger partial charge in [-0.2, -0.15) is 0 Å². The highest BCUT2D eigenvalue weighted by Gasteiger charge is 2.27. The van der Waals surface area contributed by atoms with Gasteiger partial charge in [0.2, 0.25) is 0 Å². The molecule has 360 valence electrons. The van der Waals surface area contributed by atoms with Crippen molar-refractivity contribution in [3.05, 3.63) is 269 Å². The molecule has 0 saturated heterocycles. The Labute approximate surface area is 457 Å². The van der Waals surface area contributed by atoms with Gasteiger partial charge in [0, 0.05) is 69.7 Å². The molecule has 12 rings (SSSR count). The average molecular weight is 1120 g/mol.